The molecule has 1 saturated carbocycles. The van der Waals surface area contributed by atoms with Gasteiger partial charge in [-0.2, -0.15) is 4.31 Å². The molecule has 26 heavy (non-hydrogen) atoms. The Hall–Kier alpha value is -2.25. The van der Waals surface area contributed by atoms with E-state index in [1.807, 2.05) is 0 Å². The first-order valence-electron chi connectivity index (χ1n) is 8.42. The smallest absolute Gasteiger partial charge is 0.243 e. The molecule has 0 atom stereocenters. The highest BCUT2D eigenvalue weighted by atomic mass is 32.2. The third-order valence-corrected chi connectivity index (χ3v) is 6.37. The lowest BCUT2D eigenvalue weighted by Crippen LogP contribution is -2.33. The summed E-state index contributed by atoms with van der Waals surface area (Å²) in [4.78, 5) is 11.4. The molecule has 0 saturated heterocycles. The van der Waals surface area contributed by atoms with E-state index < -0.39 is 15.8 Å². The van der Waals surface area contributed by atoms with Crippen LogP contribution in [0.2, 0.25) is 0 Å². The second-order valence-corrected chi connectivity index (χ2v) is 8.39. The van der Waals surface area contributed by atoms with Crippen LogP contribution in [0.1, 0.15) is 30.9 Å². The Bertz CT molecular complexity index is 940. The lowest BCUT2D eigenvalue weighted by molar-refractivity contribution is -0.114. The fourth-order valence-corrected chi connectivity index (χ4v) is 4.77. The molecule has 1 amide bonds. The Morgan fingerprint density at radius 3 is 2.54 bits per heavy atom. The molecule has 0 aromatic heterocycles. The summed E-state index contributed by atoms with van der Waals surface area (Å²) in [6.45, 7) is 3.06. The molecule has 0 aliphatic heterocycles. The first-order valence-corrected chi connectivity index (χ1v) is 9.86. The van der Waals surface area contributed by atoms with E-state index in [4.69, 9.17) is 0 Å². The average Bonchev–Trinajstić information content (AvgIpc) is 3.40. The third kappa shape index (κ3) is 3.94. The zero-order chi connectivity index (χ0) is 18.9. The van der Waals surface area contributed by atoms with Crippen molar-refractivity contribution >= 4 is 21.6 Å². The predicted octanol–water partition coefficient (Wildman–Crippen LogP) is 3.45. The molecule has 2 aromatic rings. The van der Waals surface area contributed by atoms with Crippen LogP contribution in [0.5, 0.6) is 0 Å². The van der Waals surface area contributed by atoms with Gasteiger partial charge in [0.05, 0.1) is 4.90 Å². The van der Waals surface area contributed by atoms with Gasteiger partial charge < -0.3 is 5.32 Å². The highest BCUT2D eigenvalue weighted by Crippen LogP contribution is 2.35. The summed E-state index contributed by atoms with van der Waals surface area (Å²) >= 11 is 0. The molecule has 0 heterocycles. The lowest BCUT2D eigenvalue weighted by Gasteiger charge is -2.23. The normalized spacial score (nSPS) is 14.5. The maximum Gasteiger partial charge on any atom is 0.243 e. The van der Waals surface area contributed by atoms with Gasteiger partial charge in [-0.1, -0.05) is 24.3 Å². The minimum absolute atomic E-state index is 0.0104. The Kier molecular flexibility index (Phi) is 5.11. The van der Waals surface area contributed by atoms with Gasteiger partial charge in [-0.3, -0.25) is 4.79 Å². The van der Waals surface area contributed by atoms with Gasteiger partial charge in [0.1, 0.15) is 5.82 Å². The summed E-state index contributed by atoms with van der Waals surface area (Å²) in [7, 11) is -3.83. The van der Waals surface area contributed by atoms with E-state index in [9.17, 15) is 17.6 Å². The van der Waals surface area contributed by atoms with E-state index in [0.29, 0.717) is 16.8 Å². The lowest BCUT2D eigenvalue weighted by atomic mass is 10.2. The number of aryl methyl sites for hydroxylation is 1. The minimum Gasteiger partial charge on any atom is -0.326 e. The van der Waals surface area contributed by atoms with Crippen LogP contribution in [-0.4, -0.2) is 24.7 Å². The molecule has 0 spiro atoms. The van der Waals surface area contributed by atoms with Crippen LogP contribution in [0.15, 0.2) is 47.4 Å². The summed E-state index contributed by atoms with van der Waals surface area (Å²) in [5.74, 6) is -0.695. The van der Waals surface area contributed by atoms with Crippen molar-refractivity contribution in [3.8, 4) is 0 Å². The molecule has 0 unspecified atom stereocenters. The van der Waals surface area contributed by atoms with Gasteiger partial charge in [0, 0.05) is 30.8 Å². The van der Waals surface area contributed by atoms with Crippen LogP contribution in [0.3, 0.4) is 0 Å². The number of benzene rings is 2. The summed E-state index contributed by atoms with van der Waals surface area (Å²) < 4.78 is 42.0. The van der Waals surface area contributed by atoms with Gasteiger partial charge in [0.15, 0.2) is 0 Å². The maximum absolute atomic E-state index is 14.0. The molecule has 3 rings (SSSR count). The Balaban J connectivity index is 1.99. The number of hydrogen-bond acceptors (Lipinski definition) is 3. The van der Waals surface area contributed by atoms with E-state index >= 15 is 0 Å². The molecular formula is C19H21FN2O3S. The molecule has 2 aromatic carbocycles. The Morgan fingerprint density at radius 1 is 1.23 bits per heavy atom. The summed E-state index contributed by atoms with van der Waals surface area (Å²) in [5, 5.41) is 2.61. The van der Waals surface area contributed by atoms with Crippen molar-refractivity contribution < 1.29 is 17.6 Å². The topological polar surface area (TPSA) is 66.5 Å². The molecule has 5 nitrogen and oxygen atoms in total. The number of amides is 1. The van der Waals surface area contributed by atoms with Gasteiger partial charge in [0.25, 0.3) is 0 Å². The fraction of sp³-hybridized carbons (Fsp3) is 0.316. The van der Waals surface area contributed by atoms with E-state index in [1.165, 1.54) is 23.4 Å². The van der Waals surface area contributed by atoms with Crippen LogP contribution in [0, 0.1) is 12.7 Å². The molecule has 138 valence electrons. The standard InChI is InChI=1S/C19H21FN2O3S/c1-13-7-8-16(21-14(2)23)11-19(13)26(24,25)22(17-9-10-17)12-15-5-3-4-6-18(15)20/h3-8,11,17H,9-10,12H2,1-2H3,(H,21,23). The first kappa shape index (κ1) is 18.5. The highest BCUT2D eigenvalue weighted by Gasteiger charge is 2.39. The molecule has 1 fully saturated rings. The number of carbonyl (C=O) groups excluding carboxylic acids is 1. The van der Waals surface area contributed by atoms with E-state index in [0.717, 1.165) is 12.8 Å². The minimum atomic E-state index is -3.83. The van der Waals surface area contributed by atoms with Gasteiger partial charge in [-0.25, -0.2) is 12.8 Å². The first-order chi connectivity index (χ1) is 12.3. The number of hydrogen-bond donors (Lipinski definition) is 1. The Morgan fingerprint density at radius 2 is 1.92 bits per heavy atom. The molecule has 0 bridgehead atoms. The molecular weight excluding hydrogens is 355 g/mol. The van der Waals surface area contributed by atoms with Crippen LogP contribution in [0.4, 0.5) is 10.1 Å². The number of anilines is 1. The monoisotopic (exact) mass is 376 g/mol. The van der Waals surface area contributed by atoms with E-state index in [-0.39, 0.29) is 23.4 Å². The summed E-state index contributed by atoms with van der Waals surface area (Å²) in [5.41, 5.74) is 1.35. The zero-order valence-electron chi connectivity index (χ0n) is 14.7. The molecule has 1 aliphatic carbocycles. The quantitative estimate of drug-likeness (QED) is 0.840. The molecule has 1 aliphatic rings. The SMILES string of the molecule is CC(=O)Nc1ccc(C)c(S(=O)(=O)N(Cc2ccccc2F)C2CC2)c1. The number of sulfonamides is 1. The van der Waals surface area contributed by atoms with Crippen molar-refractivity contribution in [2.45, 2.75) is 44.2 Å². The van der Waals surface area contributed by atoms with Gasteiger partial charge in [0.2, 0.25) is 15.9 Å². The van der Waals surface area contributed by atoms with Crippen molar-refractivity contribution in [1.29, 1.82) is 0 Å². The largest absolute Gasteiger partial charge is 0.326 e. The predicted molar refractivity (Wildman–Crippen MR) is 97.6 cm³/mol. The second-order valence-electron chi connectivity index (χ2n) is 6.53. The second kappa shape index (κ2) is 7.17. The van der Waals surface area contributed by atoms with Crippen LogP contribution in [0.25, 0.3) is 0 Å². The van der Waals surface area contributed by atoms with Gasteiger partial charge in [-0.05, 0) is 43.5 Å². The average molecular weight is 376 g/mol. The molecule has 0 radical (unpaired) electrons. The highest BCUT2D eigenvalue weighted by molar-refractivity contribution is 7.89. The van der Waals surface area contributed by atoms with Crippen molar-refractivity contribution in [1.82, 2.24) is 4.31 Å². The number of nitrogens with one attached hydrogen (secondary N) is 1. The number of carbonyl (C=O) groups is 1. The number of rotatable bonds is 6. The van der Waals surface area contributed by atoms with Crippen molar-refractivity contribution in [2.24, 2.45) is 0 Å². The van der Waals surface area contributed by atoms with Crippen LogP contribution >= 0.6 is 0 Å². The van der Waals surface area contributed by atoms with Crippen molar-refractivity contribution in [3.05, 3.63) is 59.4 Å². The van der Waals surface area contributed by atoms with Crippen LogP contribution in [-0.2, 0) is 21.4 Å². The summed E-state index contributed by atoms with van der Waals surface area (Å²) in [6.07, 6.45) is 1.52. The molecule has 7 heteroatoms. The van der Waals surface area contributed by atoms with Crippen molar-refractivity contribution in [2.75, 3.05) is 5.32 Å². The van der Waals surface area contributed by atoms with Gasteiger partial charge >= 0.3 is 0 Å². The number of halogens is 1. The Labute approximate surface area is 152 Å². The van der Waals surface area contributed by atoms with Crippen molar-refractivity contribution in [3.63, 3.8) is 0 Å². The summed E-state index contributed by atoms with van der Waals surface area (Å²) in [6, 6.07) is 10.9. The zero-order valence-corrected chi connectivity index (χ0v) is 15.5. The van der Waals surface area contributed by atoms with Crippen LogP contribution < -0.4 is 5.32 Å². The van der Waals surface area contributed by atoms with Gasteiger partial charge in [-0.15, -0.1) is 0 Å². The maximum atomic E-state index is 14.0. The van der Waals surface area contributed by atoms with E-state index in [1.54, 1.807) is 37.3 Å². The molecule has 1 N–H and O–H groups in total. The van der Waals surface area contributed by atoms with E-state index in [2.05, 4.69) is 5.32 Å². The third-order valence-electron chi connectivity index (χ3n) is 4.33. The number of nitrogens with zero attached hydrogens (tertiary/aromatic N) is 1. The fourth-order valence-electron chi connectivity index (χ4n) is 2.85.